The maximum Gasteiger partial charge on any atom is 0.265 e. The van der Waals surface area contributed by atoms with E-state index in [4.69, 9.17) is 9.26 Å². The Balaban J connectivity index is 1.71. The molecule has 0 radical (unpaired) electrons. The van der Waals surface area contributed by atoms with Crippen molar-refractivity contribution >= 4 is 15.8 Å². The molecule has 0 spiro atoms. The zero-order valence-corrected chi connectivity index (χ0v) is 17.9. The van der Waals surface area contributed by atoms with Crippen LogP contribution < -0.4 is 4.72 Å². The molecule has 0 fully saturated rings. The molecule has 30 heavy (non-hydrogen) atoms. The fourth-order valence-corrected chi connectivity index (χ4v) is 4.42. The van der Waals surface area contributed by atoms with E-state index in [1.54, 1.807) is 19.9 Å². The zero-order chi connectivity index (χ0) is 21.5. The molecular weight excluding hydrogens is 402 g/mol. The molecule has 1 aromatic carbocycles. The molecule has 0 saturated heterocycles. The number of sulfonamides is 1. The maximum atomic E-state index is 12.9. The lowest BCUT2D eigenvalue weighted by atomic mass is 9.98. The number of nitrogens with zero attached hydrogens (tertiary/aromatic N) is 2. The van der Waals surface area contributed by atoms with Crippen molar-refractivity contribution in [3.8, 4) is 11.8 Å². The second kappa shape index (κ2) is 7.59. The molecule has 0 amide bonds. The van der Waals surface area contributed by atoms with Crippen molar-refractivity contribution in [2.45, 2.75) is 45.3 Å². The molecule has 7 nitrogen and oxygen atoms in total. The third-order valence-corrected chi connectivity index (χ3v) is 6.55. The standard InChI is InChI=1S/C22H21N3O4S/c1-13-10-18-12-28-16(4)19(18)11-17(13)7-8-20-21(6-5-9-23-20)30(26,27)25-22-14(2)15(3)29-24-22/h5-6,9-11,16H,12H2,1-4H3,(H,24,25). The number of anilines is 1. The highest BCUT2D eigenvalue weighted by Crippen LogP contribution is 2.32. The van der Waals surface area contributed by atoms with Crippen LogP contribution in [0.3, 0.4) is 0 Å². The van der Waals surface area contributed by atoms with Crippen molar-refractivity contribution in [2.75, 3.05) is 4.72 Å². The molecule has 1 unspecified atom stereocenters. The molecule has 1 aliphatic heterocycles. The summed E-state index contributed by atoms with van der Waals surface area (Å²) in [6.45, 7) is 8.02. The van der Waals surface area contributed by atoms with Crippen molar-refractivity contribution in [1.82, 2.24) is 10.1 Å². The van der Waals surface area contributed by atoms with Crippen LogP contribution in [-0.2, 0) is 21.4 Å². The number of ether oxygens (including phenoxy) is 1. The molecule has 3 aromatic rings. The second-order valence-corrected chi connectivity index (χ2v) is 8.89. The lowest BCUT2D eigenvalue weighted by Crippen LogP contribution is -2.16. The lowest BCUT2D eigenvalue weighted by Gasteiger charge is -2.08. The Labute approximate surface area is 175 Å². The van der Waals surface area contributed by atoms with E-state index < -0.39 is 10.0 Å². The number of benzene rings is 1. The molecule has 154 valence electrons. The van der Waals surface area contributed by atoms with Crippen LogP contribution in [0.15, 0.2) is 39.9 Å². The molecule has 8 heteroatoms. The van der Waals surface area contributed by atoms with Crippen LogP contribution in [-0.4, -0.2) is 18.6 Å². The van der Waals surface area contributed by atoms with Crippen molar-refractivity contribution in [3.05, 3.63) is 69.7 Å². The topological polar surface area (TPSA) is 94.3 Å². The Hall–Kier alpha value is -3.15. The predicted molar refractivity (Wildman–Crippen MR) is 111 cm³/mol. The number of hydrogen-bond donors (Lipinski definition) is 1. The van der Waals surface area contributed by atoms with E-state index >= 15 is 0 Å². The van der Waals surface area contributed by atoms with Gasteiger partial charge >= 0.3 is 0 Å². The van der Waals surface area contributed by atoms with Gasteiger partial charge in [-0.3, -0.25) is 4.72 Å². The molecular formula is C22H21N3O4S. The number of pyridine rings is 1. The van der Waals surface area contributed by atoms with Gasteiger partial charge in [-0.1, -0.05) is 17.1 Å². The summed E-state index contributed by atoms with van der Waals surface area (Å²) < 4.78 is 39.0. The van der Waals surface area contributed by atoms with Gasteiger partial charge in [-0.25, -0.2) is 13.4 Å². The van der Waals surface area contributed by atoms with E-state index in [9.17, 15) is 8.42 Å². The third kappa shape index (κ3) is 3.70. The van der Waals surface area contributed by atoms with Crippen molar-refractivity contribution in [1.29, 1.82) is 0 Å². The van der Waals surface area contributed by atoms with E-state index in [0.29, 0.717) is 17.9 Å². The number of aryl methyl sites for hydroxylation is 2. The summed E-state index contributed by atoms with van der Waals surface area (Å²) in [6.07, 6.45) is 1.53. The average Bonchev–Trinajstić information content (AvgIpc) is 3.22. The molecule has 0 aliphatic carbocycles. The first-order chi connectivity index (χ1) is 14.3. The van der Waals surface area contributed by atoms with Gasteiger partial charge in [0.25, 0.3) is 10.0 Å². The summed E-state index contributed by atoms with van der Waals surface area (Å²) in [5, 5.41) is 3.77. The molecule has 1 N–H and O–H groups in total. The highest BCUT2D eigenvalue weighted by molar-refractivity contribution is 7.92. The minimum atomic E-state index is -3.94. The molecule has 1 aliphatic rings. The van der Waals surface area contributed by atoms with Gasteiger partial charge in [-0.15, -0.1) is 0 Å². The highest BCUT2D eigenvalue weighted by atomic mass is 32.2. The monoisotopic (exact) mass is 423 g/mol. The van der Waals surface area contributed by atoms with Crippen molar-refractivity contribution in [2.24, 2.45) is 0 Å². The Morgan fingerprint density at radius 2 is 2.00 bits per heavy atom. The summed E-state index contributed by atoms with van der Waals surface area (Å²) >= 11 is 0. The first-order valence-electron chi connectivity index (χ1n) is 9.44. The first kappa shape index (κ1) is 20.1. The number of fused-ring (bicyclic) bond motifs is 1. The van der Waals surface area contributed by atoms with E-state index in [1.165, 1.54) is 12.3 Å². The molecule has 0 bridgehead atoms. The summed E-state index contributed by atoms with van der Waals surface area (Å²) in [5.41, 5.74) is 4.88. The van der Waals surface area contributed by atoms with Gasteiger partial charge in [0, 0.05) is 17.3 Å². The lowest BCUT2D eigenvalue weighted by molar-refractivity contribution is 0.0796. The van der Waals surface area contributed by atoms with Gasteiger partial charge in [0.2, 0.25) is 0 Å². The van der Waals surface area contributed by atoms with Crippen LogP contribution in [0.5, 0.6) is 0 Å². The van der Waals surface area contributed by atoms with Crippen molar-refractivity contribution in [3.63, 3.8) is 0 Å². The smallest absolute Gasteiger partial charge is 0.265 e. The van der Waals surface area contributed by atoms with E-state index in [0.717, 1.165) is 22.3 Å². The summed E-state index contributed by atoms with van der Waals surface area (Å²) in [7, 11) is -3.94. The van der Waals surface area contributed by atoms with Gasteiger partial charge in [-0.2, -0.15) is 0 Å². The Morgan fingerprint density at radius 3 is 2.73 bits per heavy atom. The predicted octanol–water partition coefficient (Wildman–Crippen LogP) is 3.79. The van der Waals surface area contributed by atoms with Gasteiger partial charge in [0.1, 0.15) is 16.3 Å². The normalized spacial score (nSPS) is 15.4. The molecule has 1 atom stereocenters. The fraction of sp³-hybridized carbons (Fsp3) is 0.273. The maximum absolute atomic E-state index is 12.9. The first-order valence-corrected chi connectivity index (χ1v) is 10.9. The highest BCUT2D eigenvalue weighted by Gasteiger charge is 2.23. The number of aromatic nitrogens is 2. The Kier molecular flexibility index (Phi) is 5.10. The molecule has 0 saturated carbocycles. The number of hydrogen-bond acceptors (Lipinski definition) is 6. The quantitative estimate of drug-likeness (QED) is 0.644. The van der Waals surface area contributed by atoms with Crippen molar-refractivity contribution < 1.29 is 17.7 Å². The van der Waals surface area contributed by atoms with Gasteiger partial charge in [0.15, 0.2) is 5.82 Å². The Bertz CT molecular complexity index is 1300. The van der Waals surface area contributed by atoms with Crippen LogP contribution in [0.2, 0.25) is 0 Å². The zero-order valence-electron chi connectivity index (χ0n) is 17.1. The average molecular weight is 423 g/mol. The van der Waals surface area contributed by atoms with Gasteiger partial charge in [-0.05, 0) is 68.5 Å². The number of nitrogens with one attached hydrogen (secondary N) is 1. The van der Waals surface area contributed by atoms with Crippen LogP contribution in [0.4, 0.5) is 5.82 Å². The van der Waals surface area contributed by atoms with E-state index in [2.05, 4.69) is 32.8 Å². The van der Waals surface area contributed by atoms with Gasteiger partial charge in [0.05, 0.1) is 12.7 Å². The minimum Gasteiger partial charge on any atom is -0.369 e. The Morgan fingerprint density at radius 1 is 1.20 bits per heavy atom. The second-order valence-electron chi connectivity index (χ2n) is 7.24. The SMILES string of the molecule is Cc1cc2c(cc1C#Cc1ncccc1S(=O)(=O)Nc1noc(C)c1C)C(C)OC2. The largest absolute Gasteiger partial charge is 0.369 e. The van der Waals surface area contributed by atoms with Gasteiger partial charge < -0.3 is 9.26 Å². The van der Waals surface area contributed by atoms with E-state index in [-0.39, 0.29) is 22.5 Å². The summed E-state index contributed by atoms with van der Waals surface area (Å²) in [5.74, 6) is 6.70. The number of rotatable bonds is 3. The van der Waals surface area contributed by atoms with Crippen LogP contribution in [0.25, 0.3) is 0 Å². The van der Waals surface area contributed by atoms with Crippen LogP contribution >= 0.6 is 0 Å². The molecule has 3 heterocycles. The fourth-order valence-electron chi connectivity index (χ4n) is 3.25. The minimum absolute atomic E-state index is 0.0188. The molecule has 4 rings (SSSR count). The summed E-state index contributed by atoms with van der Waals surface area (Å²) in [6, 6.07) is 7.09. The third-order valence-electron chi connectivity index (χ3n) is 5.18. The molecule has 2 aromatic heterocycles. The van der Waals surface area contributed by atoms with Crippen LogP contribution in [0, 0.1) is 32.6 Å². The van der Waals surface area contributed by atoms with E-state index in [1.807, 2.05) is 19.9 Å². The summed E-state index contributed by atoms with van der Waals surface area (Å²) in [4.78, 5) is 4.16. The van der Waals surface area contributed by atoms with Crippen LogP contribution in [0.1, 0.15) is 52.3 Å².